The Labute approximate surface area is 148 Å². The number of rotatable bonds is 6. The van der Waals surface area contributed by atoms with E-state index >= 15 is 0 Å². The van der Waals surface area contributed by atoms with E-state index in [1.54, 1.807) is 11.6 Å². The molecular weight excluding hydrogens is 384 g/mol. The molecular formula is C16H18BrClN2O3. The van der Waals surface area contributed by atoms with Crippen LogP contribution in [0.3, 0.4) is 0 Å². The largest absolute Gasteiger partial charge is 0.493 e. The van der Waals surface area contributed by atoms with Gasteiger partial charge in [-0.25, -0.2) is 4.79 Å². The van der Waals surface area contributed by atoms with Crippen molar-refractivity contribution in [2.45, 2.75) is 27.3 Å². The van der Waals surface area contributed by atoms with Gasteiger partial charge in [-0.2, -0.15) is 5.10 Å². The normalized spacial score (nSPS) is 10.7. The fourth-order valence-corrected chi connectivity index (χ4v) is 2.88. The second kappa shape index (κ2) is 7.84. The number of aromatic nitrogens is 2. The lowest BCUT2D eigenvalue weighted by Crippen LogP contribution is -2.07. The van der Waals surface area contributed by atoms with Gasteiger partial charge in [0.25, 0.3) is 0 Å². The first-order valence-corrected chi connectivity index (χ1v) is 8.56. The predicted molar refractivity (Wildman–Crippen MR) is 93.2 cm³/mol. The van der Waals surface area contributed by atoms with Crippen molar-refractivity contribution in [2.75, 3.05) is 13.2 Å². The maximum Gasteiger partial charge on any atom is 0.360 e. The van der Waals surface area contributed by atoms with Crippen LogP contribution in [-0.4, -0.2) is 29.0 Å². The number of benzene rings is 1. The summed E-state index contributed by atoms with van der Waals surface area (Å²) in [6.07, 6.45) is 0. The van der Waals surface area contributed by atoms with Crippen LogP contribution in [0.5, 0.6) is 5.75 Å². The number of carbonyl (C=O) groups excluding carboxylic acids is 1. The third kappa shape index (κ3) is 3.70. The number of nitrogens with zero attached hydrogens (tertiary/aromatic N) is 2. The Balaban J connectivity index is 2.61. The minimum Gasteiger partial charge on any atom is -0.493 e. The molecule has 0 unspecified atom stereocenters. The first-order valence-electron chi connectivity index (χ1n) is 7.39. The predicted octanol–water partition coefficient (Wildman–Crippen LogP) is 4.56. The van der Waals surface area contributed by atoms with E-state index in [4.69, 9.17) is 21.1 Å². The molecule has 0 radical (unpaired) electrons. The topological polar surface area (TPSA) is 53.3 Å². The van der Waals surface area contributed by atoms with Crippen LogP contribution in [0.25, 0.3) is 11.3 Å². The van der Waals surface area contributed by atoms with Crippen molar-refractivity contribution >= 4 is 33.5 Å². The van der Waals surface area contributed by atoms with E-state index in [0.717, 1.165) is 10.0 Å². The van der Waals surface area contributed by atoms with Gasteiger partial charge >= 0.3 is 5.97 Å². The summed E-state index contributed by atoms with van der Waals surface area (Å²) in [7, 11) is 0. The number of esters is 1. The zero-order chi connectivity index (χ0) is 17.0. The summed E-state index contributed by atoms with van der Waals surface area (Å²) in [6, 6.07) is 5.65. The molecule has 0 aliphatic carbocycles. The van der Waals surface area contributed by atoms with Gasteiger partial charge in [0.1, 0.15) is 10.8 Å². The van der Waals surface area contributed by atoms with Gasteiger partial charge in [0.05, 0.1) is 18.9 Å². The van der Waals surface area contributed by atoms with Crippen molar-refractivity contribution in [3.8, 4) is 17.0 Å². The first-order chi connectivity index (χ1) is 11.0. The number of ether oxygens (including phenoxy) is 2. The fourth-order valence-electron chi connectivity index (χ4n) is 2.22. The van der Waals surface area contributed by atoms with Crippen LogP contribution >= 0.6 is 27.5 Å². The number of aryl methyl sites for hydroxylation is 1. The second-order valence-electron chi connectivity index (χ2n) is 4.62. The van der Waals surface area contributed by atoms with Gasteiger partial charge in [0.15, 0.2) is 5.69 Å². The number of halogens is 2. The highest BCUT2D eigenvalue weighted by atomic mass is 79.9. The molecule has 0 aliphatic rings. The lowest BCUT2D eigenvalue weighted by Gasteiger charge is -2.12. The third-order valence-corrected chi connectivity index (χ3v) is 4.01. The molecule has 0 bridgehead atoms. The lowest BCUT2D eigenvalue weighted by atomic mass is 10.1. The summed E-state index contributed by atoms with van der Waals surface area (Å²) in [5.74, 6) is 0.148. The summed E-state index contributed by atoms with van der Waals surface area (Å²) in [5, 5.41) is 4.56. The van der Waals surface area contributed by atoms with Crippen LogP contribution < -0.4 is 4.74 Å². The van der Waals surface area contributed by atoms with E-state index in [9.17, 15) is 4.79 Å². The molecule has 5 nitrogen and oxygen atoms in total. The van der Waals surface area contributed by atoms with E-state index in [-0.39, 0.29) is 17.3 Å². The molecule has 0 spiro atoms. The Morgan fingerprint density at radius 2 is 2.04 bits per heavy atom. The molecule has 0 fully saturated rings. The standard InChI is InChI=1S/C16H18BrClN2O3/c1-4-20-15(13(18)14(19-20)16(21)23-6-3)11-8-7-10(17)9-12(11)22-5-2/h7-9H,4-6H2,1-3H3. The van der Waals surface area contributed by atoms with E-state index in [2.05, 4.69) is 21.0 Å². The molecule has 2 aromatic rings. The molecule has 0 saturated carbocycles. The maximum atomic E-state index is 12.0. The van der Waals surface area contributed by atoms with Gasteiger partial charge in [-0.15, -0.1) is 0 Å². The molecule has 0 N–H and O–H groups in total. The van der Waals surface area contributed by atoms with E-state index in [1.807, 2.05) is 32.0 Å². The summed E-state index contributed by atoms with van der Waals surface area (Å²) in [6.45, 7) is 6.94. The van der Waals surface area contributed by atoms with E-state index in [1.165, 1.54) is 0 Å². The smallest absolute Gasteiger partial charge is 0.360 e. The number of hydrogen-bond acceptors (Lipinski definition) is 4. The van der Waals surface area contributed by atoms with Crippen LogP contribution in [0.15, 0.2) is 22.7 Å². The van der Waals surface area contributed by atoms with Gasteiger partial charge in [-0.1, -0.05) is 27.5 Å². The van der Waals surface area contributed by atoms with Crippen LogP contribution in [0, 0.1) is 0 Å². The molecule has 1 aromatic carbocycles. The van der Waals surface area contributed by atoms with Crippen LogP contribution in [0.1, 0.15) is 31.3 Å². The highest BCUT2D eigenvalue weighted by Gasteiger charge is 2.25. The average molecular weight is 402 g/mol. The molecule has 124 valence electrons. The van der Waals surface area contributed by atoms with Gasteiger partial charge in [0, 0.05) is 16.6 Å². The SMILES string of the molecule is CCOC(=O)c1nn(CC)c(-c2ccc(Br)cc2OCC)c1Cl. The minimum absolute atomic E-state index is 0.121. The minimum atomic E-state index is -0.527. The Morgan fingerprint density at radius 1 is 1.30 bits per heavy atom. The van der Waals surface area contributed by atoms with Crippen LogP contribution in [-0.2, 0) is 11.3 Å². The first kappa shape index (κ1) is 17.8. The number of hydrogen-bond donors (Lipinski definition) is 0. The van der Waals surface area contributed by atoms with Crippen LogP contribution in [0.4, 0.5) is 0 Å². The summed E-state index contributed by atoms with van der Waals surface area (Å²) in [5.41, 5.74) is 1.55. The third-order valence-electron chi connectivity index (χ3n) is 3.16. The molecule has 0 atom stereocenters. The molecule has 0 saturated heterocycles. The van der Waals surface area contributed by atoms with Crippen molar-refractivity contribution in [1.29, 1.82) is 0 Å². The molecule has 2 rings (SSSR count). The Morgan fingerprint density at radius 3 is 2.65 bits per heavy atom. The van der Waals surface area contributed by atoms with Crippen molar-refractivity contribution in [2.24, 2.45) is 0 Å². The lowest BCUT2D eigenvalue weighted by molar-refractivity contribution is 0.0518. The fraction of sp³-hybridized carbons (Fsp3) is 0.375. The molecule has 1 aromatic heterocycles. The average Bonchev–Trinajstić information content (AvgIpc) is 2.85. The van der Waals surface area contributed by atoms with Gasteiger partial charge in [-0.3, -0.25) is 4.68 Å². The zero-order valence-corrected chi connectivity index (χ0v) is 15.6. The highest BCUT2D eigenvalue weighted by Crippen LogP contribution is 2.38. The molecule has 23 heavy (non-hydrogen) atoms. The zero-order valence-electron chi connectivity index (χ0n) is 13.2. The van der Waals surface area contributed by atoms with E-state index in [0.29, 0.717) is 24.6 Å². The molecule has 1 heterocycles. The summed E-state index contributed by atoms with van der Waals surface area (Å²) in [4.78, 5) is 12.0. The maximum absolute atomic E-state index is 12.0. The second-order valence-corrected chi connectivity index (χ2v) is 5.91. The van der Waals surface area contributed by atoms with Crippen molar-refractivity contribution in [3.63, 3.8) is 0 Å². The van der Waals surface area contributed by atoms with Gasteiger partial charge in [0.2, 0.25) is 0 Å². The summed E-state index contributed by atoms with van der Waals surface area (Å²) >= 11 is 9.87. The Kier molecular flexibility index (Phi) is 6.07. The van der Waals surface area contributed by atoms with Crippen molar-refractivity contribution in [3.05, 3.63) is 33.4 Å². The highest BCUT2D eigenvalue weighted by molar-refractivity contribution is 9.10. The Hall–Kier alpha value is -1.53. The molecule has 0 aliphatic heterocycles. The van der Waals surface area contributed by atoms with Gasteiger partial charge < -0.3 is 9.47 Å². The van der Waals surface area contributed by atoms with Crippen molar-refractivity contribution in [1.82, 2.24) is 9.78 Å². The molecule has 7 heteroatoms. The van der Waals surface area contributed by atoms with Crippen molar-refractivity contribution < 1.29 is 14.3 Å². The monoisotopic (exact) mass is 400 g/mol. The molecule has 0 amide bonds. The quantitative estimate of drug-likeness (QED) is 0.666. The van der Waals surface area contributed by atoms with Gasteiger partial charge in [-0.05, 0) is 39.0 Å². The van der Waals surface area contributed by atoms with E-state index < -0.39 is 5.97 Å². The Bertz CT molecular complexity index is 716. The number of carbonyl (C=O) groups is 1. The summed E-state index contributed by atoms with van der Waals surface area (Å²) < 4.78 is 13.3. The van der Waals surface area contributed by atoms with Crippen LogP contribution in [0.2, 0.25) is 5.02 Å².